The van der Waals surface area contributed by atoms with E-state index >= 15 is 0 Å². The molecular formula is C11H12Cl2FNO3S. The van der Waals surface area contributed by atoms with Crippen LogP contribution >= 0.6 is 23.2 Å². The Bertz CT molecular complexity index is 588. The van der Waals surface area contributed by atoms with E-state index in [1.807, 2.05) is 0 Å². The Morgan fingerprint density at radius 1 is 1.42 bits per heavy atom. The fourth-order valence-electron chi connectivity index (χ4n) is 1.87. The number of sulfonamides is 1. The molecule has 4 nitrogen and oxygen atoms in total. The fourth-order valence-corrected chi connectivity index (χ4v) is 3.96. The second-order valence-electron chi connectivity index (χ2n) is 4.21. The zero-order valence-corrected chi connectivity index (χ0v) is 12.4. The fraction of sp³-hybridized carbons (Fsp3) is 0.455. The number of nitrogens with zero attached hydrogens (tertiary/aromatic N) is 1. The van der Waals surface area contributed by atoms with Crippen molar-refractivity contribution in [3.8, 4) is 0 Å². The molecule has 1 aliphatic rings. The minimum Gasteiger partial charge on any atom is -0.380 e. The van der Waals surface area contributed by atoms with E-state index in [2.05, 4.69) is 0 Å². The van der Waals surface area contributed by atoms with Gasteiger partial charge < -0.3 is 4.74 Å². The van der Waals surface area contributed by atoms with Gasteiger partial charge in [0.1, 0.15) is 4.90 Å². The third kappa shape index (κ3) is 2.73. The van der Waals surface area contributed by atoms with Crippen LogP contribution < -0.4 is 0 Å². The van der Waals surface area contributed by atoms with Crippen molar-refractivity contribution in [3.63, 3.8) is 0 Å². The predicted molar refractivity (Wildman–Crippen MR) is 70.6 cm³/mol. The van der Waals surface area contributed by atoms with Crippen molar-refractivity contribution >= 4 is 33.2 Å². The lowest BCUT2D eigenvalue weighted by molar-refractivity contribution is 0.181. The minimum atomic E-state index is -3.87. The van der Waals surface area contributed by atoms with E-state index in [0.717, 1.165) is 4.31 Å². The van der Waals surface area contributed by atoms with Gasteiger partial charge in [0, 0.05) is 13.7 Å². The lowest BCUT2D eigenvalue weighted by Gasteiger charge is -2.23. The first-order valence-corrected chi connectivity index (χ1v) is 7.74. The Morgan fingerprint density at radius 3 is 2.68 bits per heavy atom. The van der Waals surface area contributed by atoms with E-state index in [1.54, 1.807) is 0 Å². The molecule has 1 heterocycles. The molecule has 1 aliphatic heterocycles. The summed E-state index contributed by atoms with van der Waals surface area (Å²) in [5.41, 5.74) is 0. The van der Waals surface area contributed by atoms with E-state index in [1.165, 1.54) is 19.2 Å². The normalized spacial score (nSPS) is 20.2. The van der Waals surface area contributed by atoms with Crippen LogP contribution in [0.3, 0.4) is 0 Å². The average molecular weight is 328 g/mol. The maximum Gasteiger partial charge on any atom is 0.244 e. The number of hydrogen-bond acceptors (Lipinski definition) is 3. The summed E-state index contributed by atoms with van der Waals surface area (Å²) in [6.45, 7) is 0.830. The van der Waals surface area contributed by atoms with E-state index in [4.69, 9.17) is 27.9 Å². The highest BCUT2D eigenvalue weighted by Crippen LogP contribution is 2.32. The van der Waals surface area contributed by atoms with Crippen LogP contribution in [0.25, 0.3) is 0 Å². The molecule has 0 spiro atoms. The molecule has 1 atom stereocenters. The minimum absolute atomic E-state index is 0.212. The van der Waals surface area contributed by atoms with Gasteiger partial charge in [0.15, 0.2) is 5.82 Å². The predicted octanol–water partition coefficient (Wildman–Crippen LogP) is 2.54. The van der Waals surface area contributed by atoms with Crippen LogP contribution in [0.1, 0.15) is 6.42 Å². The monoisotopic (exact) mass is 327 g/mol. The molecule has 106 valence electrons. The van der Waals surface area contributed by atoms with Crippen molar-refractivity contribution in [2.24, 2.45) is 0 Å². The van der Waals surface area contributed by atoms with Crippen LogP contribution in [0.15, 0.2) is 17.0 Å². The van der Waals surface area contributed by atoms with Gasteiger partial charge in [0.2, 0.25) is 10.0 Å². The molecule has 2 rings (SSSR count). The lowest BCUT2D eigenvalue weighted by atomic mass is 10.3. The van der Waals surface area contributed by atoms with Crippen LogP contribution in [0, 0.1) is 5.82 Å². The van der Waals surface area contributed by atoms with Crippen LogP contribution in [0.5, 0.6) is 0 Å². The van der Waals surface area contributed by atoms with Gasteiger partial charge in [-0.2, -0.15) is 4.31 Å². The van der Waals surface area contributed by atoms with Gasteiger partial charge in [-0.25, -0.2) is 12.8 Å². The van der Waals surface area contributed by atoms with Crippen LogP contribution in [0.4, 0.5) is 4.39 Å². The number of hydrogen-bond donors (Lipinski definition) is 0. The zero-order chi connectivity index (χ0) is 14.2. The molecule has 1 aromatic rings. The summed E-state index contributed by atoms with van der Waals surface area (Å²) in [6, 6.07) is 2.11. The largest absolute Gasteiger partial charge is 0.380 e. The van der Waals surface area contributed by atoms with Crippen LogP contribution in [0.2, 0.25) is 10.0 Å². The molecule has 0 amide bonds. The summed E-state index contributed by atoms with van der Waals surface area (Å²) in [6.07, 6.45) is 0.601. The highest BCUT2D eigenvalue weighted by atomic mass is 35.5. The standard InChI is InChI=1S/C11H12Cl2FNO3S/c1-15(7-4-5-18-6-7)19(16,17)9-3-2-8(12)11(14)10(9)13/h2-3,7H,4-6H2,1H3. The number of rotatable bonds is 3. The lowest BCUT2D eigenvalue weighted by Crippen LogP contribution is -2.37. The Labute approximate surface area is 121 Å². The molecule has 0 saturated carbocycles. The second-order valence-corrected chi connectivity index (χ2v) is 6.96. The Morgan fingerprint density at radius 2 is 2.11 bits per heavy atom. The van der Waals surface area contributed by atoms with Gasteiger partial charge in [-0.1, -0.05) is 23.2 Å². The van der Waals surface area contributed by atoms with E-state index in [0.29, 0.717) is 19.6 Å². The highest BCUT2D eigenvalue weighted by Gasteiger charge is 2.33. The summed E-state index contributed by atoms with van der Waals surface area (Å²) >= 11 is 11.3. The third-order valence-corrected chi connectivity index (χ3v) is 5.80. The summed E-state index contributed by atoms with van der Waals surface area (Å²) in [5.74, 6) is -0.930. The first-order valence-electron chi connectivity index (χ1n) is 5.55. The van der Waals surface area contributed by atoms with Crippen molar-refractivity contribution in [3.05, 3.63) is 28.0 Å². The van der Waals surface area contributed by atoms with Gasteiger partial charge >= 0.3 is 0 Å². The number of ether oxygens (including phenoxy) is 1. The van der Waals surface area contributed by atoms with E-state index in [9.17, 15) is 12.8 Å². The highest BCUT2D eigenvalue weighted by molar-refractivity contribution is 7.89. The molecule has 0 aliphatic carbocycles. The van der Waals surface area contributed by atoms with Crippen LogP contribution in [-0.4, -0.2) is 39.0 Å². The smallest absolute Gasteiger partial charge is 0.244 e. The molecule has 0 N–H and O–H groups in total. The van der Waals surface area contributed by atoms with Crippen molar-refractivity contribution in [2.75, 3.05) is 20.3 Å². The summed E-state index contributed by atoms with van der Waals surface area (Å²) in [4.78, 5) is -0.287. The van der Waals surface area contributed by atoms with Gasteiger partial charge in [-0.15, -0.1) is 0 Å². The second kappa shape index (κ2) is 5.54. The first-order chi connectivity index (χ1) is 8.85. The van der Waals surface area contributed by atoms with Crippen molar-refractivity contribution < 1.29 is 17.5 Å². The van der Waals surface area contributed by atoms with E-state index < -0.39 is 20.9 Å². The summed E-state index contributed by atoms with van der Waals surface area (Å²) in [5, 5.41) is -0.700. The molecule has 0 aromatic heterocycles. The van der Waals surface area contributed by atoms with Gasteiger partial charge in [-0.05, 0) is 18.6 Å². The Balaban J connectivity index is 2.42. The Hall–Kier alpha value is -0.400. The van der Waals surface area contributed by atoms with E-state index in [-0.39, 0.29) is 16.0 Å². The van der Waals surface area contributed by atoms with Gasteiger partial charge in [0.05, 0.1) is 22.7 Å². The van der Waals surface area contributed by atoms with Gasteiger partial charge in [0.25, 0.3) is 0 Å². The molecule has 1 aromatic carbocycles. The SMILES string of the molecule is CN(C1CCOC1)S(=O)(=O)c1ccc(Cl)c(F)c1Cl. The number of benzene rings is 1. The van der Waals surface area contributed by atoms with Crippen molar-refractivity contribution in [1.82, 2.24) is 4.31 Å². The van der Waals surface area contributed by atoms with Crippen molar-refractivity contribution in [1.29, 1.82) is 0 Å². The zero-order valence-electron chi connectivity index (χ0n) is 10.1. The maximum absolute atomic E-state index is 13.6. The molecule has 1 unspecified atom stereocenters. The summed E-state index contributed by atoms with van der Waals surface area (Å²) < 4.78 is 44.7. The molecule has 0 radical (unpaired) electrons. The Kier molecular flexibility index (Phi) is 4.37. The molecule has 19 heavy (non-hydrogen) atoms. The van der Waals surface area contributed by atoms with Gasteiger partial charge in [-0.3, -0.25) is 0 Å². The number of likely N-dealkylation sites (N-methyl/N-ethyl adjacent to an activating group) is 1. The molecular weight excluding hydrogens is 316 g/mol. The maximum atomic E-state index is 13.6. The molecule has 1 fully saturated rings. The molecule has 0 bridgehead atoms. The third-order valence-electron chi connectivity index (χ3n) is 3.08. The summed E-state index contributed by atoms with van der Waals surface area (Å²) in [7, 11) is -2.44. The average Bonchev–Trinajstić information content (AvgIpc) is 2.88. The van der Waals surface area contributed by atoms with Crippen LogP contribution in [-0.2, 0) is 14.8 Å². The number of halogens is 3. The van der Waals surface area contributed by atoms with Crippen molar-refractivity contribution in [2.45, 2.75) is 17.4 Å². The first kappa shape index (κ1) is 15.0. The molecule has 1 saturated heterocycles. The molecule has 8 heteroatoms. The quantitative estimate of drug-likeness (QED) is 0.801. The topological polar surface area (TPSA) is 46.6 Å².